The van der Waals surface area contributed by atoms with Crippen molar-refractivity contribution in [3.8, 4) is 0 Å². The number of rotatable bonds is 6. The van der Waals surface area contributed by atoms with E-state index in [1.54, 1.807) is 11.8 Å². The van der Waals surface area contributed by atoms with Crippen molar-refractivity contribution in [3.05, 3.63) is 11.1 Å². The average molecular weight is 270 g/mol. The van der Waals surface area contributed by atoms with Crippen molar-refractivity contribution >= 4 is 28.3 Å². The van der Waals surface area contributed by atoms with Crippen LogP contribution in [0.1, 0.15) is 26.5 Å². The van der Waals surface area contributed by atoms with Crippen molar-refractivity contribution < 1.29 is 9.59 Å². The summed E-state index contributed by atoms with van der Waals surface area (Å²) < 4.78 is 0. The molecular formula is C11H18N4O2S. The molecule has 0 spiro atoms. The fourth-order valence-electron chi connectivity index (χ4n) is 1.35. The molecular weight excluding hydrogens is 252 g/mol. The van der Waals surface area contributed by atoms with Gasteiger partial charge in [-0.15, -0.1) is 11.3 Å². The molecule has 0 aliphatic heterocycles. The zero-order valence-electron chi connectivity index (χ0n) is 10.8. The van der Waals surface area contributed by atoms with E-state index in [-0.39, 0.29) is 5.91 Å². The lowest BCUT2D eigenvalue weighted by Crippen LogP contribution is -2.38. The molecule has 1 aromatic rings. The van der Waals surface area contributed by atoms with Crippen LogP contribution in [-0.4, -0.2) is 29.4 Å². The van der Waals surface area contributed by atoms with Crippen molar-refractivity contribution in [2.45, 2.75) is 33.4 Å². The van der Waals surface area contributed by atoms with Gasteiger partial charge in [0.05, 0.1) is 11.7 Å². The molecule has 1 atom stereocenters. The molecule has 1 rings (SSSR count). The molecule has 1 heterocycles. The van der Waals surface area contributed by atoms with Crippen LogP contribution in [0.15, 0.2) is 5.38 Å². The lowest BCUT2D eigenvalue weighted by Gasteiger charge is -2.14. The summed E-state index contributed by atoms with van der Waals surface area (Å²) in [5, 5.41) is 5.50. The number of nitrogens with one attached hydrogen (secondary N) is 1. The van der Waals surface area contributed by atoms with Crippen LogP contribution < -0.4 is 16.0 Å². The second kappa shape index (κ2) is 6.46. The highest BCUT2D eigenvalue weighted by Gasteiger charge is 2.14. The molecule has 0 aliphatic rings. The number of nitrogens with two attached hydrogens (primary N) is 1. The Morgan fingerprint density at radius 3 is 2.78 bits per heavy atom. The summed E-state index contributed by atoms with van der Waals surface area (Å²) in [5.41, 5.74) is 5.94. The fraction of sp³-hybridized carbons (Fsp3) is 0.545. The van der Waals surface area contributed by atoms with Gasteiger partial charge in [-0.2, -0.15) is 0 Å². The molecule has 2 amide bonds. The minimum Gasteiger partial charge on any atom is -0.368 e. The van der Waals surface area contributed by atoms with Gasteiger partial charge in [-0.05, 0) is 13.8 Å². The van der Waals surface area contributed by atoms with E-state index in [0.717, 1.165) is 5.69 Å². The average Bonchev–Trinajstić information content (AvgIpc) is 2.74. The minimum atomic E-state index is -0.399. The number of aromatic nitrogens is 1. The van der Waals surface area contributed by atoms with Crippen LogP contribution in [0, 0.1) is 0 Å². The van der Waals surface area contributed by atoms with E-state index < -0.39 is 11.9 Å². The number of hydrogen-bond acceptors (Lipinski definition) is 5. The second-order valence-corrected chi connectivity index (χ2v) is 4.73. The first-order chi connectivity index (χ1) is 8.45. The molecule has 1 aromatic heterocycles. The first-order valence-corrected chi connectivity index (χ1v) is 6.58. The Morgan fingerprint density at radius 1 is 1.61 bits per heavy atom. The SMILES string of the molecule is CCN(C(C)=O)c1nc(CNC(C)C(N)=O)cs1. The summed E-state index contributed by atoms with van der Waals surface area (Å²) in [4.78, 5) is 28.2. The van der Waals surface area contributed by atoms with Crippen molar-refractivity contribution in [3.63, 3.8) is 0 Å². The van der Waals surface area contributed by atoms with E-state index in [2.05, 4.69) is 10.3 Å². The molecule has 0 aromatic carbocycles. The maximum Gasteiger partial charge on any atom is 0.234 e. The Morgan fingerprint density at radius 2 is 2.28 bits per heavy atom. The molecule has 0 saturated heterocycles. The van der Waals surface area contributed by atoms with E-state index in [0.29, 0.717) is 18.2 Å². The summed E-state index contributed by atoms with van der Waals surface area (Å²) >= 11 is 1.41. The Hall–Kier alpha value is -1.47. The molecule has 1 unspecified atom stereocenters. The maximum atomic E-state index is 11.4. The molecule has 0 bridgehead atoms. The molecule has 100 valence electrons. The quantitative estimate of drug-likeness (QED) is 0.787. The minimum absolute atomic E-state index is 0.0307. The largest absolute Gasteiger partial charge is 0.368 e. The van der Waals surface area contributed by atoms with Gasteiger partial charge < -0.3 is 11.1 Å². The van der Waals surface area contributed by atoms with E-state index >= 15 is 0 Å². The topological polar surface area (TPSA) is 88.3 Å². The summed E-state index contributed by atoms with van der Waals surface area (Å²) in [6, 6.07) is -0.398. The molecule has 3 N–H and O–H groups in total. The zero-order chi connectivity index (χ0) is 13.7. The van der Waals surface area contributed by atoms with Crippen LogP contribution in [0.25, 0.3) is 0 Å². The fourth-order valence-corrected chi connectivity index (χ4v) is 2.28. The van der Waals surface area contributed by atoms with E-state index in [9.17, 15) is 9.59 Å². The van der Waals surface area contributed by atoms with Gasteiger partial charge in [-0.25, -0.2) is 4.98 Å². The summed E-state index contributed by atoms with van der Waals surface area (Å²) in [6.45, 7) is 6.15. The molecule has 0 aliphatic carbocycles. The highest BCUT2D eigenvalue weighted by Crippen LogP contribution is 2.20. The summed E-state index contributed by atoms with van der Waals surface area (Å²) in [7, 11) is 0. The second-order valence-electron chi connectivity index (χ2n) is 3.89. The molecule has 6 nitrogen and oxygen atoms in total. The van der Waals surface area contributed by atoms with Crippen molar-refractivity contribution in [2.24, 2.45) is 5.73 Å². The van der Waals surface area contributed by atoms with E-state index in [4.69, 9.17) is 5.73 Å². The highest BCUT2D eigenvalue weighted by atomic mass is 32.1. The van der Waals surface area contributed by atoms with Crippen LogP contribution in [-0.2, 0) is 16.1 Å². The maximum absolute atomic E-state index is 11.4. The smallest absolute Gasteiger partial charge is 0.234 e. The first kappa shape index (κ1) is 14.6. The van der Waals surface area contributed by atoms with Gasteiger partial charge in [0.15, 0.2) is 5.13 Å². The van der Waals surface area contributed by atoms with Gasteiger partial charge in [-0.3, -0.25) is 14.5 Å². The standard InChI is InChI=1S/C11H18N4O2S/c1-4-15(8(3)16)11-14-9(6-18-11)5-13-7(2)10(12)17/h6-7,13H,4-5H2,1-3H3,(H2,12,17). The van der Waals surface area contributed by atoms with Gasteiger partial charge in [0.25, 0.3) is 0 Å². The number of nitrogens with zero attached hydrogens (tertiary/aromatic N) is 2. The summed E-state index contributed by atoms with van der Waals surface area (Å²) in [6.07, 6.45) is 0. The Kier molecular flexibility index (Phi) is 5.24. The third-order valence-electron chi connectivity index (χ3n) is 2.48. The number of amides is 2. The van der Waals surface area contributed by atoms with Crippen LogP contribution in [0.4, 0.5) is 5.13 Å². The van der Waals surface area contributed by atoms with Crippen molar-refractivity contribution in [1.29, 1.82) is 0 Å². The monoisotopic (exact) mass is 270 g/mol. The van der Waals surface area contributed by atoms with Gasteiger partial charge in [0.1, 0.15) is 0 Å². The molecule has 18 heavy (non-hydrogen) atoms. The highest BCUT2D eigenvalue weighted by molar-refractivity contribution is 7.14. The van der Waals surface area contributed by atoms with Crippen LogP contribution in [0.5, 0.6) is 0 Å². The van der Waals surface area contributed by atoms with Gasteiger partial charge in [0, 0.05) is 25.4 Å². The van der Waals surface area contributed by atoms with Crippen LogP contribution >= 0.6 is 11.3 Å². The van der Waals surface area contributed by atoms with Gasteiger partial charge in [0.2, 0.25) is 11.8 Å². The number of carbonyl (C=O) groups excluding carboxylic acids is 2. The first-order valence-electron chi connectivity index (χ1n) is 5.70. The normalized spacial score (nSPS) is 12.2. The van der Waals surface area contributed by atoms with Crippen LogP contribution in [0.3, 0.4) is 0 Å². The molecule has 0 fully saturated rings. The lowest BCUT2D eigenvalue weighted by atomic mass is 10.3. The predicted molar refractivity (Wildman–Crippen MR) is 71.3 cm³/mol. The van der Waals surface area contributed by atoms with Crippen molar-refractivity contribution in [2.75, 3.05) is 11.4 Å². The Bertz CT molecular complexity index is 432. The number of carbonyl (C=O) groups is 2. The van der Waals surface area contributed by atoms with E-state index in [1.807, 2.05) is 12.3 Å². The number of hydrogen-bond donors (Lipinski definition) is 2. The zero-order valence-corrected chi connectivity index (χ0v) is 11.6. The number of primary amides is 1. The van der Waals surface area contributed by atoms with Gasteiger partial charge >= 0.3 is 0 Å². The third-order valence-corrected chi connectivity index (χ3v) is 3.40. The summed E-state index contributed by atoms with van der Waals surface area (Å²) in [5.74, 6) is -0.429. The number of anilines is 1. The number of thiazole rings is 1. The van der Waals surface area contributed by atoms with Crippen LogP contribution in [0.2, 0.25) is 0 Å². The molecule has 0 radical (unpaired) electrons. The third kappa shape index (κ3) is 3.78. The van der Waals surface area contributed by atoms with Gasteiger partial charge in [-0.1, -0.05) is 0 Å². The Labute approximate surface area is 110 Å². The van der Waals surface area contributed by atoms with E-state index in [1.165, 1.54) is 18.3 Å². The molecule has 0 saturated carbocycles. The van der Waals surface area contributed by atoms with Crippen molar-refractivity contribution in [1.82, 2.24) is 10.3 Å². The predicted octanol–water partition coefficient (Wildman–Crippen LogP) is 0.479. The Balaban J connectivity index is 2.63. The molecule has 7 heteroatoms. The lowest BCUT2D eigenvalue weighted by molar-refractivity contribution is -0.119.